The van der Waals surface area contributed by atoms with Gasteiger partial charge in [0.15, 0.2) is 0 Å². The van der Waals surface area contributed by atoms with Crippen LogP contribution in [0.2, 0.25) is 0 Å². The highest BCUT2D eigenvalue weighted by atomic mass is 35.5. The van der Waals surface area contributed by atoms with E-state index in [0.29, 0.717) is 0 Å². The van der Waals surface area contributed by atoms with Crippen LogP contribution in [-0.2, 0) is 9.53 Å². The molecule has 0 aliphatic carbocycles. The van der Waals surface area contributed by atoms with Gasteiger partial charge in [-0.25, -0.2) is 0 Å². The molecule has 0 fully saturated rings. The Labute approximate surface area is 89.3 Å². The predicted octanol–water partition coefficient (Wildman–Crippen LogP) is 2.95. The van der Waals surface area contributed by atoms with Crippen LogP contribution in [0.1, 0.15) is 6.42 Å². The summed E-state index contributed by atoms with van der Waals surface area (Å²) in [7, 11) is 0. The van der Waals surface area contributed by atoms with Crippen LogP contribution < -0.4 is 0 Å². The smallest absolute Gasteiger partial charge is 0.332 e. The van der Waals surface area contributed by atoms with Gasteiger partial charge >= 0.3 is 18.2 Å². The number of halogens is 8. The van der Waals surface area contributed by atoms with E-state index in [-0.39, 0.29) is 0 Å². The van der Waals surface area contributed by atoms with Gasteiger partial charge in [0.2, 0.25) is 0 Å². The summed E-state index contributed by atoms with van der Waals surface area (Å²) in [6.45, 7) is -1.67. The Hall–Kier alpha value is -0.570. The Morgan fingerprint density at radius 2 is 1.50 bits per heavy atom. The van der Waals surface area contributed by atoms with Crippen molar-refractivity contribution in [2.24, 2.45) is 0 Å². The van der Waals surface area contributed by atoms with E-state index in [1.165, 1.54) is 0 Å². The summed E-state index contributed by atoms with van der Waals surface area (Å²) in [5.41, 5.74) is 0. The van der Waals surface area contributed by atoms with Crippen LogP contribution >= 0.6 is 11.6 Å². The third kappa shape index (κ3) is 4.12. The summed E-state index contributed by atoms with van der Waals surface area (Å²) in [6.07, 6.45) is -12.5. The Morgan fingerprint density at radius 3 is 1.75 bits per heavy atom. The lowest BCUT2D eigenvalue weighted by atomic mass is 10.3. The molecule has 2 nitrogen and oxygen atoms in total. The average molecular weight is 277 g/mol. The average Bonchev–Trinajstić information content (AvgIpc) is 1.98. The van der Waals surface area contributed by atoms with E-state index in [1.54, 1.807) is 0 Å². The molecule has 10 heteroatoms. The summed E-state index contributed by atoms with van der Waals surface area (Å²) in [5, 5.41) is -2.58. The standard InChI is InChI=1S/C6H4ClF7O2/c7-3(15)5(11,6(12,13)14)16-2-1-4(8,9)10/h1-2H2. The van der Waals surface area contributed by atoms with Crippen molar-refractivity contribution in [2.75, 3.05) is 6.61 Å². The molecule has 1 atom stereocenters. The van der Waals surface area contributed by atoms with Crippen molar-refractivity contribution in [1.29, 1.82) is 0 Å². The highest BCUT2D eigenvalue weighted by Gasteiger charge is 2.63. The molecule has 0 radical (unpaired) electrons. The van der Waals surface area contributed by atoms with Gasteiger partial charge in [0.05, 0.1) is 13.0 Å². The fourth-order valence-electron chi connectivity index (χ4n) is 0.557. The SMILES string of the molecule is O=C(Cl)C(F)(OCCC(F)(F)F)C(F)(F)F. The first-order chi connectivity index (χ1) is 6.90. The van der Waals surface area contributed by atoms with Crippen molar-refractivity contribution in [2.45, 2.75) is 24.6 Å². The van der Waals surface area contributed by atoms with Crippen LogP contribution in [-0.4, -0.2) is 30.1 Å². The van der Waals surface area contributed by atoms with Gasteiger partial charge in [-0.15, -0.1) is 0 Å². The van der Waals surface area contributed by atoms with Gasteiger partial charge in [-0.05, 0) is 11.6 Å². The van der Waals surface area contributed by atoms with E-state index < -0.39 is 36.5 Å². The lowest BCUT2D eigenvalue weighted by Crippen LogP contribution is -2.49. The van der Waals surface area contributed by atoms with Crippen molar-refractivity contribution in [3.05, 3.63) is 0 Å². The van der Waals surface area contributed by atoms with Gasteiger partial charge in [-0.3, -0.25) is 4.79 Å². The normalized spacial score (nSPS) is 17.0. The molecule has 0 aromatic rings. The second kappa shape index (κ2) is 4.74. The molecule has 0 aliphatic heterocycles. The lowest BCUT2D eigenvalue weighted by molar-refractivity contribution is -0.314. The number of carbonyl (C=O) groups excluding carboxylic acids is 1. The quantitative estimate of drug-likeness (QED) is 0.583. The molecular weight excluding hydrogens is 273 g/mol. The molecule has 0 spiro atoms. The number of rotatable bonds is 4. The third-order valence-corrected chi connectivity index (χ3v) is 1.55. The van der Waals surface area contributed by atoms with E-state index in [9.17, 15) is 35.5 Å². The first kappa shape index (κ1) is 15.4. The third-order valence-electron chi connectivity index (χ3n) is 1.30. The van der Waals surface area contributed by atoms with Crippen LogP contribution in [0.15, 0.2) is 0 Å². The number of alkyl halides is 7. The minimum atomic E-state index is -5.84. The summed E-state index contributed by atoms with van der Waals surface area (Å²) in [4.78, 5) is 10.1. The monoisotopic (exact) mass is 276 g/mol. The van der Waals surface area contributed by atoms with Gasteiger partial charge in [0.1, 0.15) is 0 Å². The van der Waals surface area contributed by atoms with Crippen LogP contribution in [0.5, 0.6) is 0 Å². The van der Waals surface area contributed by atoms with Gasteiger partial charge in [-0.2, -0.15) is 30.7 Å². The highest BCUT2D eigenvalue weighted by molar-refractivity contribution is 6.65. The zero-order valence-corrected chi connectivity index (χ0v) is 8.01. The van der Waals surface area contributed by atoms with Crippen LogP contribution in [0, 0.1) is 0 Å². The number of hydrogen-bond acceptors (Lipinski definition) is 2. The van der Waals surface area contributed by atoms with Gasteiger partial charge in [0.25, 0.3) is 5.24 Å². The number of ether oxygens (including phenoxy) is 1. The van der Waals surface area contributed by atoms with E-state index in [2.05, 4.69) is 16.3 Å². The first-order valence-electron chi connectivity index (χ1n) is 3.56. The molecule has 0 aromatic carbocycles. The van der Waals surface area contributed by atoms with Crippen LogP contribution in [0.3, 0.4) is 0 Å². The van der Waals surface area contributed by atoms with Crippen molar-refractivity contribution < 1.29 is 40.3 Å². The Kier molecular flexibility index (Phi) is 4.57. The van der Waals surface area contributed by atoms with Crippen molar-refractivity contribution in [1.82, 2.24) is 0 Å². The molecule has 96 valence electrons. The predicted molar refractivity (Wildman–Crippen MR) is 37.4 cm³/mol. The maximum absolute atomic E-state index is 12.8. The second-order valence-electron chi connectivity index (χ2n) is 2.58. The fraction of sp³-hybridized carbons (Fsp3) is 0.833. The van der Waals surface area contributed by atoms with Crippen LogP contribution in [0.4, 0.5) is 30.7 Å². The zero-order chi connectivity index (χ0) is 13.2. The number of carbonyl (C=O) groups is 1. The lowest BCUT2D eigenvalue weighted by Gasteiger charge is -2.24. The highest BCUT2D eigenvalue weighted by Crippen LogP contribution is 2.37. The topological polar surface area (TPSA) is 26.3 Å². The Balaban J connectivity index is 4.55. The molecule has 0 aromatic heterocycles. The minimum Gasteiger partial charge on any atom is -0.332 e. The summed E-state index contributed by atoms with van der Waals surface area (Å²) < 4.78 is 86.3. The molecule has 0 rings (SSSR count). The van der Waals surface area contributed by atoms with E-state index in [0.717, 1.165) is 0 Å². The Bertz CT molecular complexity index is 261. The van der Waals surface area contributed by atoms with Gasteiger partial charge in [0, 0.05) is 0 Å². The first-order valence-corrected chi connectivity index (χ1v) is 3.94. The largest absolute Gasteiger partial charge is 0.457 e. The molecule has 0 bridgehead atoms. The van der Waals surface area contributed by atoms with Gasteiger partial charge in [-0.1, -0.05) is 0 Å². The van der Waals surface area contributed by atoms with E-state index in [1.807, 2.05) is 0 Å². The van der Waals surface area contributed by atoms with E-state index >= 15 is 0 Å². The molecule has 0 heterocycles. The number of hydrogen-bond donors (Lipinski definition) is 0. The molecule has 0 aliphatic rings. The van der Waals surface area contributed by atoms with Gasteiger partial charge < -0.3 is 4.74 Å². The van der Waals surface area contributed by atoms with E-state index in [4.69, 9.17) is 0 Å². The maximum atomic E-state index is 12.8. The zero-order valence-electron chi connectivity index (χ0n) is 7.25. The fourth-order valence-corrected chi connectivity index (χ4v) is 0.719. The molecule has 0 amide bonds. The molecule has 1 unspecified atom stereocenters. The summed E-state index contributed by atoms with van der Waals surface area (Å²) >= 11 is 4.28. The molecular formula is C6H4ClF7O2. The second-order valence-corrected chi connectivity index (χ2v) is 2.92. The molecule has 0 saturated carbocycles. The summed E-state index contributed by atoms with van der Waals surface area (Å²) in [5.74, 6) is -4.92. The Morgan fingerprint density at radius 1 is 1.06 bits per heavy atom. The summed E-state index contributed by atoms with van der Waals surface area (Å²) in [6, 6.07) is 0. The molecule has 0 N–H and O–H groups in total. The molecule has 0 saturated heterocycles. The van der Waals surface area contributed by atoms with Crippen molar-refractivity contribution in [3.8, 4) is 0 Å². The maximum Gasteiger partial charge on any atom is 0.457 e. The minimum absolute atomic E-state index is 1.67. The van der Waals surface area contributed by atoms with Crippen LogP contribution in [0.25, 0.3) is 0 Å². The van der Waals surface area contributed by atoms with Crippen molar-refractivity contribution >= 4 is 16.8 Å². The van der Waals surface area contributed by atoms with Crippen molar-refractivity contribution in [3.63, 3.8) is 0 Å². The molecule has 16 heavy (non-hydrogen) atoms.